The van der Waals surface area contributed by atoms with E-state index in [1.54, 1.807) is 10.6 Å². The molecule has 0 unspecified atom stereocenters. The number of nitrogens with zero attached hydrogens (tertiary/aromatic N) is 2. The molecule has 1 aliphatic rings. The summed E-state index contributed by atoms with van der Waals surface area (Å²) in [6.07, 6.45) is 2.12. The van der Waals surface area contributed by atoms with Crippen molar-refractivity contribution in [2.45, 2.75) is 38.8 Å². The Labute approximate surface area is 144 Å². The van der Waals surface area contributed by atoms with E-state index in [9.17, 15) is 19.1 Å². The van der Waals surface area contributed by atoms with E-state index in [-0.39, 0.29) is 17.0 Å². The summed E-state index contributed by atoms with van der Waals surface area (Å²) in [4.78, 5) is 25.8. The Morgan fingerprint density at radius 3 is 2.56 bits per heavy atom. The largest absolute Gasteiger partial charge is 0.477 e. The van der Waals surface area contributed by atoms with E-state index in [1.165, 1.54) is 6.20 Å². The molecule has 1 atom stereocenters. The zero-order valence-corrected chi connectivity index (χ0v) is 14.5. The van der Waals surface area contributed by atoms with Gasteiger partial charge in [0.25, 0.3) is 0 Å². The lowest BCUT2D eigenvalue weighted by atomic mass is 10.0. The molecule has 3 N–H and O–H groups in total. The molecular weight excluding hydrogens is 325 g/mol. The van der Waals surface area contributed by atoms with Gasteiger partial charge in [0.2, 0.25) is 5.43 Å². The van der Waals surface area contributed by atoms with E-state index in [1.807, 2.05) is 25.7 Å². The predicted octanol–water partition coefficient (Wildman–Crippen LogP) is 2.13. The molecule has 1 fully saturated rings. The number of carboxylic acids is 1. The fraction of sp³-hybridized carbons (Fsp3) is 0.444. The van der Waals surface area contributed by atoms with E-state index in [0.29, 0.717) is 24.3 Å². The molecule has 2 aromatic rings. The van der Waals surface area contributed by atoms with Crippen molar-refractivity contribution in [1.29, 1.82) is 0 Å². The number of hydrogen-bond donors (Lipinski definition) is 2. The van der Waals surface area contributed by atoms with E-state index >= 15 is 0 Å². The normalized spacial score (nSPS) is 18.1. The van der Waals surface area contributed by atoms with Crippen LogP contribution in [0.5, 0.6) is 0 Å². The van der Waals surface area contributed by atoms with Crippen LogP contribution in [0, 0.1) is 5.82 Å². The van der Waals surface area contributed by atoms with E-state index in [0.717, 1.165) is 12.5 Å². The second kappa shape index (κ2) is 5.84. The highest BCUT2D eigenvalue weighted by atomic mass is 19.1. The minimum Gasteiger partial charge on any atom is -0.477 e. The first-order valence-electron chi connectivity index (χ1n) is 8.23. The maximum Gasteiger partial charge on any atom is 0.341 e. The number of nitrogens with two attached hydrogens (primary N) is 1. The van der Waals surface area contributed by atoms with Crippen LogP contribution in [0.1, 0.15) is 37.6 Å². The lowest BCUT2D eigenvalue weighted by molar-refractivity contribution is 0.0694. The van der Waals surface area contributed by atoms with Crippen molar-refractivity contribution >= 4 is 22.6 Å². The molecule has 1 aromatic heterocycles. The van der Waals surface area contributed by atoms with Gasteiger partial charge in [0.15, 0.2) is 0 Å². The molecule has 134 valence electrons. The number of carboxylic acid groups (broad SMARTS) is 1. The first kappa shape index (κ1) is 17.4. The van der Waals surface area contributed by atoms with Gasteiger partial charge in [-0.15, -0.1) is 0 Å². The van der Waals surface area contributed by atoms with Crippen LogP contribution in [0.2, 0.25) is 0 Å². The van der Waals surface area contributed by atoms with Gasteiger partial charge in [0, 0.05) is 36.3 Å². The Morgan fingerprint density at radius 2 is 2.04 bits per heavy atom. The Bertz CT molecular complexity index is 914. The molecule has 0 bridgehead atoms. The number of fused-ring (bicyclic) bond motifs is 1. The molecule has 2 heterocycles. The fourth-order valence-electron chi connectivity index (χ4n) is 3.29. The molecule has 0 amide bonds. The molecule has 0 aliphatic carbocycles. The van der Waals surface area contributed by atoms with Crippen LogP contribution < -0.4 is 16.1 Å². The van der Waals surface area contributed by atoms with Crippen molar-refractivity contribution in [3.05, 3.63) is 39.9 Å². The second-order valence-electron chi connectivity index (χ2n) is 7.53. The first-order valence-corrected chi connectivity index (χ1v) is 8.23. The number of rotatable bonds is 2. The Morgan fingerprint density at radius 1 is 1.36 bits per heavy atom. The SMILES string of the molecule is CC(C)(C)n1cc(C(=O)O)c(=O)c2cc(F)c(N3CC[C@H](N)C3)cc21. The topological polar surface area (TPSA) is 88.6 Å². The van der Waals surface area contributed by atoms with Crippen LogP contribution in [-0.2, 0) is 5.54 Å². The van der Waals surface area contributed by atoms with Gasteiger partial charge in [-0.25, -0.2) is 9.18 Å². The quantitative estimate of drug-likeness (QED) is 0.869. The molecule has 0 spiro atoms. The lowest BCUT2D eigenvalue weighted by Gasteiger charge is -2.27. The van der Waals surface area contributed by atoms with Crippen molar-refractivity contribution in [3.63, 3.8) is 0 Å². The zero-order chi connectivity index (χ0) is 18.5. The minimum atomic E-state index is -1.32. The Hall–Kier alpha value is -2.41. The van der Waals surface area contributed by atoms with Gasteiger partial charge in [0.05, 0.1) is 11.2 Å². The average Bonchev–Trinajstić information content (AvgIpc) is 2.92. The summed E-state index contributed by atoms with van der Waals surface area (Å²) < 4.78 is 16.4. The van der Waals surface area contributed by atoms with E-state index in [2.05, 4.69) is 0 Å². The van der Waals surface area contributed by atoms with Gasteiger partial charge in [-0.05, 0) is 39.3 Å². The Balaban J connectivity index is 2.33. The van der Waals surface area contributed by atoms with Crippen molar-refractivity contribution in [3.8, 4) is 0 Å². The number of carbonyl (C=O) groups is 1. The monoisotopic (exact) mass is 347 g/mol. The van der Waals surface area contributed by atoms with Crippen LogP contribution in [0.4, 0.5) is 10.1 Å². The highest BCUT2D eigenvalue weighted by Gasteiger charge is 2.26. The summed E-state index contributed by atoms with van der Waals surface area (Å²) in [7, 11) is 0. The molecule has 1 aromatic carbocycles. The smallest absolute Gasteiger partial charge is 0.341 e. The molecule has 1 saturated heterocycles. The zero-order valence-electron chi connectivity index (χ0n) is 14.5. The number of hydrogen-bond acceptors (Lipinski definition) is 4. The van der Waals surface area contributed by atoms with Crippen LogP contribution in [0.15, 0.2) is 23.1 Å². The van der Waals surface area contributed by atoms with Gasteiger partial charge in [-0.2, -0.15) is 0 Å². The number of pyridine rings is 1. The third-order valence-corrected chi connectivity index (χ3v) is 4.59. The molecule has 25 heavy (non-hydrogen) atoms. The molecule has 0 radical (unpaired) electrons. The van der Waals surface area contributed by atoms with Crippen LogP contribution >= 0.6 is 0 Å². The predicted molar refractivity (Wildman–Crippen MR) is 94.9 cm³/mol. The summed E-state index contributed by atoms with van der Waals surface area (Å²) >= 11 is 0. The number of anilines is 1. The fourth-order valence-corrected chi connectivity index (χ4v) is 3.29. The van der Waals surface area contributed by atoms with E-state index < -0.39 is 22.8 Å². The molecule has 7 heteroatoms. The summed E-state index contributed by atoms with van der Waals surface area (Å²) in [5, 5.41) is 9.38. The van der Waals surface area contributed by atoms with Gasteiger partial charge < -0.3 is 20.3 Å². The second-order valence-corrected chi connectivity index (χ2v) is 7.53. The third kappa shape index (κ3) is 3.00. The minimum absolute atomic E-state index is 0.00528. The van der Waals surface area contributed by atoms with Crippen molar-refractivity contribution in [1.82, 2.24) is 4.57 Å². The number of benzene rings is 1. The molecule has 1 aliphatic heterocycles. The average molecular weight is 347 g/mol. The van der Waals surface area contributed by atoms with Crippen molar-refractivity contribution < 1.29 is 14.3 Å². The van der Waals surface area contributed by atoms with Crippen LogP contribution in [0.25, 0.3) is 10.9 Å². The highest BCUT2D eigenvalue weighted by Crippen LogP contribution is 2.30. The summed E-state index contributed by atoms with van der Waals surface area (Å²) in [6.45, 7) is 6.90. The van der Waals surface area contributed by atoms with Gasteiger partial charge in [-0.1, -0.05) is 0 Å². The van der Waals surface area contributed by atoms with Gasteiger partial charge in [0.1, 0.15) is 11.4 Å². The molecule has 3 rings (SSSR count). The summed E-state index contributed by atoms with van der Waals surface area (Å²) in [5.41, 5.74) is 5.30. The van der Waals surface area contributed by atoms with Crippen molar-refractivity contribution in [2.75, 3.05) is 18.0 Å². The highest BCUT2D eigenvalue weighted by molar-refractivity contribution is 5.93. The number of aromatic nitrogens is 1. The van der Waals surface area contributed by atoms with Gasteiger partial charge in [-0.3, -0.25) is 4.79 Å². The number of aromatic carboxylic acids is 1. The maximum absolute atomic E-state index is 14.7. The number of halogens is 1. The Kier molecular flexibility index (Phi) is 4.07. The summed E-state index contributed by atoms with van der Waals surface area (Å²) in [6, 6.07) is 2.77. The molecule has 6 nitrogen and oxygen atoms in total. The van der Waals surface area contributed by atoms with Crippen molar-refractivity contribution in [2.24, 2.45) is 5.73 Å². The van der Waals surface area contributed by atoms with Gasteiger partial charge >= 0.3 is 5.97 Å². The van der Waals surface area contributed by atoms with Crippen LogP contribution in [0.3, 0.4) is 0 Å². The maximum atomic E-state index is 14.7. The molecule has 0 saturated carbocycles. The standard InChI is InChI=1S/C18H22FN3O3/c1-18(2,3)22-9-12(17(24)25)16(23)11-6-13(19)15(7-14(11)22)21-5-4-10(20)8-21/h6-7,9-10H,4-5,8,20H2,1-3H3,(H,24,25)/t10-/m0/s1. The van der Waals surface area contributed by atoms with Crippen LogP contribution in [-0.4, -0.2) is 34.8 Å². The lowest BCUT2D eigenvalue weighted by Crippen LogP contribution is -2.29. The van der Waals surface area contributed by atoms with E-state index in [4.69, 9.17) is 5.73 Å². The third-order valence-electron chi connectivity index (χ3n) is 4.59. The summed E-state index contributed by atoms with van der Waals surface area (Å²) in [5.74, 6) is -1.86. The molecular formula is C18H22FN3O3. The first-order chi connectivity index (χ1) is 11.6.